The zero-order valence-corrected chi connectivity index (χ0v) is 16.2. The molecule has 1 aliphatic rings. The van der Waals surface area contributed by atoms with Crippen molar-refractivity contribution in [3.8, 4) is 11.5 Å². The Hall–Kier alpha value is -2.51. The third-order valence-electron chi connectivity index (χ3n) is 4.59. The number of phenolic OH excluding ortho intramolecular Hbond substituents is 1. The molecule has 0 saturated carbocycles. The summed E-state index contributed by atoms with van der Waals surface area (Å²) in [5, 5.41) is 15.0. The number of likely N-dealkylation sites (tertiary alicyclic amines) is 1. The van der Waals surface area contributed by atoms with Crippen LogP contribution in [0, 0.1) is 0 Å². The largest absolute Gasteiger partial charge is 0.507 e. The van der Waals surface area contributed by atoms with Crippen molar-refractivity contribution in [2.24, 2.45) is 0 Å². The second-order valence-electron chi connectivity index (χ2n) is 6.37. The number of nitrogens with zero attached hydrogens (tertiary/aromatic N) is 2. The van der Waals surface area contributed by atoms with Crippen LogP contribution >= 0.6 is 22.9 Å². The third kappa shape index (κ3) is 3.52. The lowest BCUT2D eigenvalue weighted by molar-refractivity contribution is 0.0785. The number of carbonyl (C=O) groups excluding carboxylic acids is 1. The summed E-state index contributed by atoms with van der Waals surface area (Å²) in [4.78, 5) is 19.1. The molecule has 1 atom stereocenters. The van der Waals surface area contributed by atoms with Gasteiger partial charge in [-0.2, -0.15) is 0 Å². The Morgan fingerprint density at radius 3 is 3.07 bits per heavy atom. The first-order valence-electron chi connectivity index (χ1n) is 8.53. The Bertz CT molecular complexity index is 1010. The third-order valence-corrected chi connectivity index (χ3v) is 5.78. The van der Waals surface area contributed by atoms with E-state index in [1.807, 2.05) is 18.2 Å². The van der Waals surface area contributed by atoms with Gasteiger partial charge < -0.3 is 20.1 Å². The highest BCUT2D eigenvalue weighted by Gasteiger charge is 2.30. The minimum absolute atomic E-state index is 0.0705. The van der Waals surface area contributed by atoms with Crippen molar-refractivity contribution < 1.29 is 14.6 Å². The van der Waals surface area contributed by atoms with E-state index in [9.17, 15) is 9.90 Å². The molecule has 2 aromatic carbocycles. The number of nitrogens with one attached hydrogen (secondary N) is 1. The van der Waals surface area contributed by atoms with Gasteiger partial charge in [0.25, 0.3) is 5.91 Å². The number of halogens is 1. The van der Waals surface area contributed by atoms with Crippen molar-refractivity contribution >= 4 is 44.2 Å². The zero-order valence-electron chi connectivity index (χ0n) is 14.6. The lowest BCUT2D eigenvalue weighted by Gasteiger charge is -2.19. The molecule has 1 aliphatic heterocycles. The molecule has 0 bridgehead atoms. The van der Waals surface area contributed by atoms with Crippen molar-refractivity contribution in [1.29, 1.82) is 0 Å². The number of hydrogen-bond donors (Lipinski definition) is 2. The van der Waals surface area contributed by atoms with Gasteiger partial charge in [-0.3, -0.25) is 4.79 Å². The minimum Gasteiger partial charge on any atom is -0.507 e. The van der Waals surface area contributed by atoms with Crippen LogP contribution in [-0.2, 0) is 0 Å². The number of aromatic hydroxyl groups is 1. The molecule has 0 aliphatic carbocycles. The van der Waals surface area contributed by atoms with E-state index in [4.69, 9.17) is 16.3 Å². The summed E-state index contributed by atoms with van der Waals surface area (Å²) in [5.41, 5.74) is 1.10. The summed E-state index contributed by atoms with van der Waals surface area (Å²) >= 11 is 7.57. The first-order valence-corrected chi connectivity index (χ1v) is 9.72. The van der Waals surface area contributed by atoms with Crippen molar-refractivity contribution in [2.75, 3.05) is 25.5 Å². The molecular weight excluding hydrogens is 386 g/mol. The smallest absolute Gasteiger partial charge is 0.261 e. The van der Waals surface area contributed by atoms with E-state index in [-0.39, 0.29) is 23.3 Å². The van der Waals surface area contributed by atoms with Crippen molar-refractivity contribution in [3.63, 3.8) is 0 Å². The van der Waals surface area contributed by atoms with Crippen LogP contribution in [0.2, 0.25) is 5.02 Å². The average Bonchev–Trinajstić information content (AvgIpc) is 3.27. The van der Waals surface area contributed by atoms with Crippen molar-refractivity contribution in [1.82, 2.24) is 9.88 Å². The van der Waals surface area contributed by atoms with Gasteiger partial charge in [0.2, 0.25) is 0 Å². The number of thiazole rings is 1. The van der Waals surface area contributed by atoms with Crippen molar-refractivity contribution in [2.45, 2.75) is 12.5 Å². The number of hydrogen-bond acceptors (Lipinski definition) is 6. The molecule has 3 aromatic rings. The van der Waals surface area contributed by atoms with Crippen LogP contribution in [0.5, 0.6) is 11.5 Å². The first-order chi connectivity index (χ1) is 13.0. The average molecular weight is 404 g/mol. The van der Waals surface area contributed by atoms with E-state index in [2.05, 4.69) is 10.3 Å². The standard InChI is InChI=1S/C19H18ClN3O3S/c1-26-15-4-2-3-14(24)17(15)18(25)23-8-7-12(10-23)21-19-22-13-6-5-11(20)9-16(13)27-19/h2-6,9,12,24H,7-8,10H2,1H3,(H,21,22)/t12-/m1/s1. The summed E-state index contributed by atoms with van der Waals surface area (Å²) in [6.07, 6.45) is 0.804. The molecule has 2 N–H and O–H groups in total. The molecule has 1 saturated heterocycles. The van der Waals surface area contributed by atoms with E-state index in [1.54, 1.807) is 28.4 Å². The van der Waals surface area contributed by atoms with Crippen molar-refractivity contribution in [3.05, 3.63) is 47.0 Å². The number of fused-ring (bicyclic) bond motifs is 1. The topological polar surface area (TPSA) is 74.7 Å². The summed E-state index contributed by atoms with van der Waals surface area (Å²) < 4.78 is 6.25. The molecule has 2 heterocycles. The number of aromatic nitrogens is 1. The number of phenols is 1. The quantitative estimate of drug-likeness (QED) is 0.689. The lowest BCUT2D eigenvalue weighted by Crippen LogP contribution is -2.31. The summed E-state index contributed by atoms with van der Waals surface area (Å²) in [6.45, 7) is 1.14. The molecule has 8 heteroatoms. The molecule has 27 heavy (non-hydrogen) atoms. The fourth-order valence-electron chi connectivity index (χ4n) is 3.26. The van der Waals surface area contributed by atoms with Gasteiger partial charge in [-0.25, -0.2) is 4.98 Å². The maximum atomic E-state index is 12.9. The fourth-order valence-corrected chi connectivity index (χ4v) is 4.48. The Morgan fingerprint density at radius 2 is 2.26 bits per heavy atom. The number of benzene rings is 2. The van der Waals surface area contributed by atoms with Crippen LogP contribution in [0.25, 0.3) is 10.2 Å². The highest BCUT2D eigenvalue weighted by molar-refractivity contribution is 7.22. The number of rotatable bonds is 4. The number of ether oxygens (including phenoxy) is 1. The second kappa shape index (κ2) is 7.25. The van der Waals surface area contributed by atoms with Crippen LogP contribution in [0.15, 0.2) is 36.4 Å². The Morgan fingerprint density at radius 1 is 1.41 bits per heavy atom. The first kappa shape index (κ1) is 17.9. The Balaban J connectivity index is 1.47. The lowest BCUT2D eigenvalue weighted by atomic mass is 10.1. The van der Waals surface area contributed by atoms with Gasteiger partial charge in [0.15, 0.2) is 5.13 Å². The monoisotopic (exact) mass is 403 g/mol. The zero-order chi connectivity index (χ0) is 19.0. The van der Waals surface area contributed by atoms with E-state index in [1.165, 1.54) is 13.2 Å². The summed E-state index contributed by atoms with van der Waals surface area (Å²) in [7, 11) is 1.49. The minimum atomic E-state index is -0.231. The summed E-state index contributed by atoms with van der Waals surface area (Å²) in [5.74, 6) is 0.0728. The molecule has 0 spiro atoms. The van der Waals surface area contributed by atoms with Crippen LogP contribution < -0.4 is 10.1 Å². The van der Waals surface area contributed by atoms with Crippen LogP contribution in [-0.4, -0.2) is 47.1 Å². The summed E-state index contributed by atoms with van der Waals surface area (Å²) in [6, 6.07) is 10.5. The second-order valence-corrected chi connectivity index (χ2v) is 7.83. The number of methoxy groups -OCH3 is 1. The number of anilines is 1. The number of carbonyl (C=O) groups is 1. The van der Waals surface area contributed by atoms with E-state index < -0.39 is 0 Å². The van der Waals surface area contributed by atoms with Gasteiger partial charge in [-0.05, 0) is 36.8 Å². The predicted octanol–water partition coefficient (Wildman–Crippen LogP) is 3.99. The van der Waals surface area contributed by atoms with E-state index >= 15 is 0 Å². The van der Waals surface area contributed by atoms with Gasteiger partial charge in [0.1, 0.15) is 17.1 Å². The van der Waals surface area contributed by atoms with Gasteiger partial charge >= 0.3 is 0 Å². The van der Waals surface area contributed by atoms with Crippen LogP contribution in [0.3, 0.4) is 0 Å². The number of amides is 1. The fraction of sp³-hybridized carbons (Fsp3) is 0.263. The highest BCUT2D eigenvalue weighted by Crippen LogP contribution is 2.32. The molecule has 6 nitrogen and oxygen atoms in total. The molecule has 0 unspecified atom stereocenters. The van der Waals surface area contributed by atoms with Gasteiger partial charge in [0.05, 0.1) is 17.3 Å². The molecule has 1 amide bonds. The molecule has 1 fully saturated rings. The highest BCUT2D eigenvalue weighted by atomic mass is 35.5. The normalized spacial score (nSPS) is 16.7. The molecule has 140 valence electrons. The molecular formula is C19H18ClN3O3S. The van der Waals surface area contributed by atoms with E-state index in [0.717, 1.165) is 21.8 Å². The van der Waals surface area contributed by atoms with Gasteiger partial charge in [-0.1, -0.05) is 29.0 Å². The Labute approximate surface area is 165 Å². The van der Waals surface area contributed by atoms with Crippen LogP contribution in [0.1, 0.15) is 16.8 Å². The Kier molecular flexibility index (Phi) is 4.80. The van der Waals surface area contributed by atoms with Gasteiger partial charge in [0, 0.05) is 24.2 Å². The molecule has 1 aromatic heterocycles. The predicted molar refractivity (Wildman–Crippen MR) is 107 cm³/mol. The van der Waals surface area contributed by atoms with E-state index in [0.29, 0.717) is 23.9 Å². The van der Waals surface area contributed by atoms with Crippen LogP contribution in [0.4, 0.5) is 5.13 Å². The maximum Gasteiger partial charge on any atom is 0.261 e. The molecule has 0 radical (unpaired) electrons. The molecule has 4 rings (SSSR count). The SMILES string of the molecule is COc1cccc(O)c1C(=O)N1CC[C@@H](Nc2nc3ccc(Cl)cc3s2)C1. The van der Waals surface area contributed by atoms with Gasteiger partial charge in [-0.15, -0.1) is 0 Å². The maximum absolute atomic E-state index is 12.9.